The van der Waals surface area contributed by atoms with Crippen LogP contribution < -0.4 is 0 Å². The molecular formula is C18H26Cl2SiTi. The zero-order valence-electron chi connectivity index (χ0n) is 14.6. The Bertz CT molecular complexity index is 607. The summed E-state index contributed by atoms with van der Waals surface area (Å²) >= 11 is 13.1. The summed E-state index contributed by atoms with van der Waals surface area (Å²) in [6, 6.07) is 0. The molecule has 0 aromatic heterocycles. The van der Waals surface area contributed by atoms with Gasteiger partial charge in [0.25, 0.3) is 0 Å². The van der Waals surface area contributed by atoms with Crippen LogP contribution >= 0.6 is 23.2 Å². The van der Waals surface area contributed by atoms with Crippen molar-refractivity contribution < 1.29 is 21.7 Å². The quantitative estimate of drug-likeness (QED) is 0.522. The molecule has 0 saturated heterocycles. The van der Waals surface area contributed by atoms with Gasteiger partial charge in [0.15, 0.2) is 0 Å². The van der Waals surface area contributed by atoms with Crippen molar-refractivity contribution in [1.29, 1.82) is 0 Å². The van der Waals surface area contributed by atoms with E-state index in [0.29, 0.717) is 0 Å². The third-order valence-corrected chi connectivity index (χ3v) is 9.01. The second kappa shape index (κ2) is 7.57. The van der Waals surface area contributed by atoms with Crippen molar-refractivity contribution in [2.45, 2.75) is 60.8 Å². The smallest absolute Gasteiger partial charge is 0.0882 e. The Hall–Kier alpha value is 0.471. The Morgan fingerprint density at radius 1 is 1.00 bits per heavy atom. The Labute approximate surface area is 162 Å². The average Bonchev–Trinajstić information content (AvgIpc) is 2.78. The van der Waals surface area contributed by atoms with E-state index in [1.165, 1.54) is 22.3 Å². The molecule has 0 unspecified atom stereocenters. The van der Waals surface area contributed by atoms with Gasteiger partial charge in [-0.05, 0) is 37.8 Å². The second-order valence-corrected chi connectivity index (χ2v) is 9.33. The van der Waals surface area contributed by atoms with E-state index in [-0.39, 0.29) is 27.1 Å². The molecule has 0 aliphatic heterocycles. The summed E-state index contributed by atoms with van der Waals surface area (Å²) in [5, 5.41) is 5.31. The minimum atomic E-state index is -0.505. The largest absolute Gasteiger partial charge is 0.0885 e. The predicted octanol–water partition coefficient (Wildman–Crippen LogP) is 5.95. The van der Waals surface area contributed by atoms with Crippen molar-refractivity contribution in [2.75, 3.05) is 0 Å². The van der Waals surface area contributed by atoms with Gasteiger partial charge in [0, 0.05) is 43.6 Å². The van der Waals surface area contributed by atoms with Gasteiger partial charge in [0.05, 0.1) is 9.52 Å². The fraction of sp³-hybridized carbons (Fsp3) is 0.556. The van der Waals surface area contributed by atoms with Gasteiger partial charge in [-0.1, -0.05) is 72.4 Å². The molecule has 0 fully saturated rings. The molecule has 0 heterocycles. The Morgan fingerprint density at radius 2 is 1.55 bits per heavy atom. The normalized spacial score (nSPS) is 21.8. The molecule has 0 amide bonds. The summed E-state index contributed by atoms with van der Waals surface area (Å²) in [4.78, 5) is 0. The van der Waals surface area contributed by atoms with Crippen LogP contribution in [0.2, 0.25) is 0 Å². The number of allylic oxidation sites excluding steroid dienone is 8. The molecule has 0 radical (unpaired) electrons. The molecule has 0 N–H and O–H groups in total. The molecular weight excluding hydrogens is 363 g/mol. The molecule has 2 rings (SSSR count). The van der Waals surface area contributed by atoms with Crippen LogP contribution in [0.4, 0.5) is 0 Å². The van der Waals surface area contributed by atoms with E-state index >= 15 is 0 Å². The van der Waals surface area contributed by atoms with Crippen LogP contribution in [-0.4, -0.2) is 9.52 Å². The number of hydrogen-bond donors (Lipinski definition) is 0. The van der Waals surface area contributed by atoms with Gasteiger partial charge in [-0.15, -0.1) is 0 Å². The molecule has 0 spiro atoms. The van der Waals surface area contributed by atoms with Crippen molar-refractivity contribution >= 4 is 32.7 Å². The van der Waals surface area contributed by atoms with Crippen LogP contribution in [-0.2, 0) is 21.7 Å². The summed E-state index contributed by atoms with van der Waals surface area (Å²) in [6.07, 6.45) is 3.04. The van der Waals surface area contributed by atoms with Gasteiger partial charge in [0.2, 0.25) is 0 Å². The van der Waals surface area contributed by atoms with Gasteiger partial charge >= 0.3 is 0 Å². The molecule has 0 aromatic carbocycles. The number of hydrogen-bond acceptors (Lipinski definition) is 0. The minimum Gasteiger partial charge on any atom is -0.0885 e. The molecule has 22 heavy (non-hydrogen) atoms. The number of halogens is 2. The molecule has 4 heteroatoms. The molecule has 0 aromatic rings. The zero-order chi connectivity index (χ0) is 15.9. The average molecular weight is 389 g/mol. The molecule has 0 nitrogen and oxygen atoms in total. The van der Waals surface area contributed by atoms with Crippen LogP contribution in [0, 0.1) is 5.41 Å². The SMILES string of the molecule is CCC1=C(Cl)CC(C)=C1[SiH2]C1=C(C)C(C)(C)C(Cl)=C1CC.[Ti]. The van der Waals surface area contributed by atoms with E-state index in [1.807, 2.05) is 0 Å². The Balaban J connectivity index is 0.00000242. The summed E-state index contributed by atoms with van der Waals surface area (Å²) < 4.78 is 0. The van der Waals surface area contributed by atoms with E-state index < -0.39 is 9.52 Å². The first-order chi connectivity index (χ1) is 9.75. The number of rotatable bonds is 4. The van der Waals surface area contributed by atoms with E-state index in [1.54, 1.807) is 10.4 Å². The summed E-state index contributed by atoms with van der Waals surface area (Å²) in [5.41, 5.74) is 5.80. The van der Waals surface area contributed by atoms with Gasteiger partial charge in [-0.2, -0.15) is 0 Å². The van der Waals surface area contributed by atoms with E-state index in [9.17, 15) is 0 Å². The molecule has 2 aliphatic rings. The van der Waals surface area contributed by atoms with Crippen LogP contribution in [0.15, 0.2) is 42.7 Å². The van der Waals surface area contributed by atoms with Gasteiger partial charge < -0.3 is 0 Å². The summed E-state index contributed by atoms with van der Waals surface area (Å²) in [5.74, 6) is 0. The van der Waals surface area contributed by atoms with E-state index in [0.717, 1.165) is 29.3 Å². The Morgan fingerprint density at radius 3 is 2.05 bits per heavy atom. The van der Waals surface area contributed by atoms with Crippen molar-refractivity contribution in [3.63, 3.8) is 0 Å². The van der Waals surface area contributed by atoms with Gasteiger partial charge in [0.1, 0.15) is 0 Å². The monoisotopic (exact) mass is 388 g/mol. The third-order valence-electron chi connectivity index (χ3n) is 5.26. The first-order valence-electron chi connectivity index (χ1n) is 7.91. The topological polar surface area (TPSA) is 0 Å². The van der Waals surface area contributed by atoms with Crippen molar-refractivity contribution in [2.24, 2.45) is 5.41 Å². The fourth-order valence-corrected chi connectivity index (χ4v) is 7.46. The van der Waals surface area contributed by atoms with E-state index in [4.69, 9.17) is 23.2 Å². The van der Waals surface area contributed by atoms with Crippen molar-refractivity contribution in [3.8, 4) is 0 Å². The van der Waals surface area contributed by atoms with Crippen LogP contribution in [0.1, 0.15) is 60.8 Å². The summed E-state index contributed by atoms with van der Waals surface area (Å²) in [7, 11) is -0.505. The van der Waals surface area contributed by atoms with Gasteiger partial charge in [-0.3, -0.25) is 0 Å². The van der Waals surface area contributed by atoms with Gasteiger partial charge in [-0.25, -0.2) is 0 Å². The van der Waals surface area contributed by atoms with Crippen molar-refractivity contribution in [1.82, 2.24) is 0 Å². The maximum absolute atomic E-state index is 6.69. The first-order valence-corrected chi connectivity index (χ1v) is 10.1. The molecule has 120 valence electrons. The fourth-order valence-electron chi connectivity index (χ4n) is 3.59. The molecule has 0 saturated carbocycles. The predicted molar refractivity (Wildman–Crippen MR) is 98.7 cm³/mol. The molecule has 0 atom stereocenters. The first kappa shape index (κ1) is 20.5. The van der Waals surface area contributed by atoms with Crippen LogP contribution in [0.25, 0.3) is 0 Å². The second-order valence-electron chi connectivity index (χ2n) is 6.72. The molecule has 0 bridgehead atoms. The maximum Gasteiger partial charge on any atom is 0.0882 e. The standard InChI is InChI=1S/C18H26Cl2Si.Ti/c1-7-12-14(19)9-10(3)15(12)21-16-11(4)18(5,6)17(20)13(16)8-2;/h7-9,21H2,1-6H3;. The van der Waals surface area contributed by atoms with Crippen molar-refractivity contribution in [3.05, 3.63) is 42.7 Å². The van der Waals surface area contributed by atoms with Crippen LogP contribution in [0.3, 0.4) is 0 Å². The third kappa shape index (κ3) is 3.30. The Kier molecular flexibility index (Phi) is 7.06. The summed E-state index contributed by atoms with van der Waals surface area (Å²) in [6.45, 7) is 13.5. The zero-order valence-corrected chi connectivity index (χ0v) is 19.1. The maximum atomic E-state index is 6.69. The molecule has 2 aliphatic carbocycles. The minimum absolute atomic E-state index is 0. The van der Waals surface area contributed by atoms with E-state index in [2.05, 4.69) is 41.5 Å². The van der Waals surface area contributed by atoms with Crippen LogP contribution in [0.5, 0.6) is 0 Å².